The Morgan fingerprint density at radius 1 is 0.444 bits per heavy atom. The Morgan fingerprint density at radius 3 is 1.17 bits per heavy atom. The number of rotatable bonds is 13. The molecule has 0 fully saturated rings. The van der Waals surface area contributed by atoms with Gasteiger partial charge in [-0.05, 0) is 64.2 Å². The zero-order valence-corrected chi connectivity index (χ0v) is 11.9. The summed E-state index contributed by atoms with van der Waals surface area (Å²) in [7, 11) is 0. The summed E-state index contributed by atoms with van der Waals surface area (Å²) in [5.74, 6) is 0. The first-order chi connectivity index (χ1) is 8.91. The van der Waals surface area contributed by atoms with Crippen molar-refractivity contribution in [2.24, 2.45) is 0 Å². The molecule has 0 aliphatic carbocycles. The smallest absolute Gasteiger partial charge is 0.0316 e. The first kappa shape index (κ1) is 17.0. The maximum Gasteiger partial charge on any atom is -0.0316 e. The molecule has 0 aliphatic rings. The summed E-state index contributed by atoms with van der Waals surface area (Å²) in [6.07, 6.45) is 25.5. The van der Waals surface area contributed by atoms with Gasteiger partial charge in [-0.25, -0.2) is 0 Å². The molecule has 0 N–H and O–H groups in total. The monoisotopic (exact) mass is 246 g/mol. The highest BCUT2D eigenvalue weighted by molar-refractivity contribution is 4.88. The molecule has 0 aromatic rings. The largest absolute Gasteiger partial charge is 0.103 e. The lowest BCUT2D eigenvalue weighted by molar-refractivity contribution is 0.759. The first-order valence-corrected chi connectivity index (χ1v) is 7.43. The summed E-state index contributed by atoms with van der Waals surface area (Å²) in [5.41, 5.74) is 0. The average molecular weight is 246 g/mol. The Hall–Kier alpha value is -1.04. The lowest BCUT2D eigenvalue weighted by atomic mass is 10.1. The van der Waals surface area contributed by atoms with Gasteiger partial charge in [-0.1, -0.05) is 36.5 Å². The predicted molar refractivity (Wildman–Crippen MR) is 84.8 cm³/mol. The third-order valence-corrected chi connectivity index (χ3v) is 2.89. The molecule has 0 saturated heterocycles. The minimum atomic E-state index is 1.16. The molecule has 0 heterocycles. The van der Waals surface area contributed by atoms with E-state index in [9.17, 15) is 0 Å². The van der Waals surface area contributed by atoms with Gasteiger partial charge in [-0.3, -0.25) is 0 Å². The van der Waals surface area contributed by atoms with E-state index in [1.54, 1.807) is 0 Å². The molecular formula is C18H30. The van der Waals surface area contributed by atoms with Crippen LogP contribution in [0, 0.1) is 0 Å². The number of unbranched alkanes of at least 4 members (excludes halogenated alkanes) is 7. The zero-order valence-electron chi connectivity index (χ0n) is 11.9. The van der Waals surface area contributed by atoms with Gasteiger partial charge in [-0.2, -0.15) is 0 Å². The van der Waals surface area contributed by atoms with Crippen LogP contribution in [-0.2, 0) is 0 Å². The second-order valence-corrected chi connectivity index (χ2v) is 4.67. The Morgan fingerprint density at radius 2 is 0.778 bits per heavy atom. The molecule has 0 aromatic carbocycles. The standard InChI is InChI=1S/C18H30/c1-3-5-7-9-11-13-15-17-18-16-14-12-10-8-6-4-2/h3-4,13-16H,1-2,5-12,17-18H2/b15-13+,16-14+. The van der Waals surface area contributed by atoms with Crippen molar-refractivity contribution in [2.75, 3.05) is 0 Å². The van der Waals surface area contributed by atoms with E-state index in [2.05, 4.69) is 37.5 Å². The molecule has 0 nitrogen and oxygen atoms in total. The molecule has 0 radical (unpaired) electrons. The molecule has 0 rings (SSSR count). The second kappa shape index (κ2) is 16.0. The van der Waals surface area contributed by atoms with E-state index >= 15 is 0 Å². The fourth-order valence-electron chi connectivity index (χ4n) is 1.77. The van der Waals surface area contributed by atoms with Crippen LogP contribution < -0.4 is 0 Å². The van der Waals surface area contributed by atoms with E-state index in [4.69, 9.17) is 0 Å². The summed E-state index contributed by atoms with van der Waals surface area (Å²) in [5, 5.41) is 0. The van der Waals surface area contributed by atoms with Crippen LogP contribution in [0.25, 0.3) is 0 Å². The third kappa shape index (κ3) is 15.0. The normalized spacial score (nSPS) is 11.3. The summed E-state index contributed by atoms with van der Waals surface area (Å²) in [6, 6.07) is 0. The molecular weight excluding hydrogens is 216 g/mol. The topological polar surface area (TPSA) is 0 Å². The Bertz CT molecular complexity index is 206. The summed E-state index contributed by atoms with van der Waals surface area (Å²) in [6.45, 7) is 7.46. The maximum atomic E-state index is 3.73. The summed E-state index contributed by atoms with van der Waals surface area (Å²) < 4.78 is 0. The van der Waals surface area contributed by atoms with Gasteiger partial charge in [0.25, 0.3) is 0 Å². The van der Waals surface area contributed by atoms with Crippen molar-refractivity contribution in [1.82, 2.24) is 0 Å². The number of hydrogen-bond acceptors (Lipinski definition) is 0. The van der Waals surface area contributed by atoms with Gasteiger partial charge < -0.3 is 0 Å². The van der Waals surface area contributed by atoms with E-state index < -0.39 is 0 Å². The summed E-state index contributed by atoms with van der Waals surface area (Å²) in [4.78, 5) is 0. The fraction of sp³-hybridized carbons (Fsp3) is 0.556. The van der Waals surface area contributed by atoms with Crippen LogP contribution in [-0.4, -0.2) is 0 Å². The highest BCUT2D eigenvalue weighted by Gasteiger charge is 1.84. The lowest BCUT2D eigenvalue weighted by Gasteiger charge is -1.93. The van der Waals surface area contributed by atoms with Gasteiger partial charge in [-0.15, -0.1) is 13.2 Å². The Labute approximate surface area is 114 Å². The van der Waals surface area contributed by atoms with Gasteiger partial charge in [0.1, 0.15) is 0 Å². The van der Waals surface area contributed by atoms with Crippen LogP contribution >= 0.6 is 0 Å². The summed E-state index contributed by atoms with van der Waals surface area (Å²) >= 11 is 0. The molecule has 0 bridgehead atoms. The maximum absolute atomic E-state index is 3.73. The van der Waals surface area contributed by atoms with Crippen LogP contribution in [0.3, 0.4) is 0 Å². The first-order valence-electron chi connectivity index (χ1n) is 7.43. The van der Waals surface area contributed by atoms with E-state index in [0.717, 1.165) is 12.8 Å². The van der Waals surface area contributed by atoms with Crippen molar-refractivity contribution in [3.63, 3.8) is 0 Å². The molecule has 0 heteroatoms. The molecule has 102 valence electrons. The van der Waals surface area contributed by atoms with Crippen LogP contribution in [0.4, 0.5) is 0 Å². The van der Waals surface area contributed by atoms with Crippen LogP contribution in [0.15, 0.2) is 49.6 Å². The lowest BCUT2D eigenvalue weighted by Crippen LogP contribution is -1.73. The highest BCUT2D eigenvalue weighted by atomic mass is 13.9. The van der Waals surface area contributed by atoms with Gasteiger partial charge in [0.05, 0.1) is 0 Å². The Kier molecular flexibility index (Phi) is 15.0. The SMILES string of the molecule is C=CCCCC/C=C/CC/C=C/CCCCC=C. The molecule has 0 spiro atoms. The Balaban J connectivity index is 3.17. The van der Waals surface area contributed by atoms with Crippen LogP contribution in [0.2, 0.25) is 0 Å². The average Bonchev–Trinajstić information content (AvgIpc) is 2.39. The zero-order chi connectivity index (χ0) is 13.3. The molecule has 0 amide bonds. The van der Waals surface area contributed by atoms with Crippen molar-refractivity contribution in [3.8, 4) is 0 Å². The predicted octanol–water partition coefficient (Wildman–Crippen LogP) is 6.37. The van der Waals surface area contributed by atoms with Gasteiger partial charge in [0.15, 0.2) is 0 Å². The molecule has 0 aliphatic heterocycles. The fourth-order valence-corrected chi connectivity index (χ4v) is 1.77. The van der Waals surface area contributed by atoms with Crippen LogP contribution in [0.5, 0.6) is 0 Å². The minimum Gasteiger partial charge on any atom is -0.103 e. The van der Waals surface area contributed by atoms with E-state index in [1.807, 2.05) is 12.2 Å². The van der Waals surface area contributed by atoms with Crippen molar-refractivity contribution in [3.05, 3.63) is 49.6 Å². The van der Waals surface area contributed by atoms with E-state index in [1.165, 1.54) is 51.4 Å². The molecule has 0 unspecified atom stereocenters. The van der Waals surface area contributed by atoms with Crippen molar-refractivity contribution in [1.29, 1.82) is 0 Å². The van der Waals surface area contributed by atoms with E-state index in [-0.39, 0.29) is 0 Å². The van der Waals surface area contributed by atoms with Crippen molar-refractivity contribution in [2.45, 2.75) is 64.2 Å². The van der Waals surface area contributed by atoms with Gasteiger partial charge in [0.2, 0.25) is 0 Å². The van der Waals surface area contributed by atoms with E-state index in [0.29, 0.717) is 0 Å². The van der Waals surface area contributed by atoms with Crippen LogP contribution in [0.1, 0.15) is 64.2 Å². The second-order valence-electron chi connectivity index (χ2n) is 4.67. The third-order valence-electron chi connectivity index (χ3n) is 2.89. The minimum absolute atomic E-state index is 1.16. The van der Waals surface area contributed by atoms with Crippen molar-refractivity contribution < 1.29 is 0 Å². The van der Waals surface area contributed by atoms with Gasteiger partial charge >= 0.3 is 0 Å². The van der Waals surface area contributed by atoms with Gasteiger partial charge in [0, 0.05) is 0 Å². The highest BCUT2D eigenvalue weighted by Crippen LogP contribution is 2.04. The number of hydrogen-bond donors (Lipinski definition) is 0. The quantitative estimate of drug-likeness (QED) is 0.261. The number of allylic oxidation sites excluding steroid dienone is 6. The molecule has 0 saturated carbocycles. The molecule has 0 atom stereocenters. The molecule has 18 heavy (non-hydrogen) atoms. The molecule has 0 aromatic heterocycles. The van der Waals surface area contributed by atoms with Crippen molar-refractivity contribution >= 4 is 0 Å².